The average molecular weight is 327 g/mol. The summed E-state index contributed by atoms with van der Waals surface area (Å²) in [5, 5.41) is 7.07. The van der Waals surface area contributed by atoms with Crippen molar-refractivity contribution in [2.75, 3.05) is 30.4 Å². The molecule has 0 atom stereocenters. The highest BCUT2D eigenvalue weighted by Crippen LogP contribution is 2.25. The van der Waals surface area contributed by atoms with E-state index in [0.29, 0.717) is 6.54 Å². The predicted molar refractivity (Wildman–Crippen MR) is 96.3 cm³/mol. The summed E-state index contributed by atoms with van der Waals surface area (Å²) in [7, 11) is 1.82. The predicted octanol–water partition coefficient (Wildman–Crippen LogP) is 3.17. The largest absolute Gasteiger partial charge is 0.371 e. The molecule has 1 aliphatic rings. The summed E-state index contributed by atoms with van der Waals surface area (Å²) in [6.07, 6.45) is 6.00. The quantitative estimate of drug-likeness (QED) is 0.918. The van der Waals surface area contributed by atoms with Gasteiger partial charge in [0.1, 0.15) is 0 Å². The summed E-state index contributed by atoms with van der Waals surface area (Å²) in [4.78, 5) is 16.5. The van der Waals surface area contributed by atoms with Crippen molar-refractivity contribution in [3.8, 4) is 0 Å². The van der Waals surface area contributed by atoms with Crippen molar-refractivity contribution in [2.45, 2.75) is 32.9 Å². The number of nitrogens with one attached hydrogen (secondary N) is 1. The van der Waals surface area contributed by atoms with Gasteiger partial charge in [-0.05, 0) is 31.4 Å². The summed E-state index contributed by atoms with van der Waals surface area (Å²) in [6, 6.07) is 8.23. The van der Waals surface area contributed by atoms with Crippen LogP contribution in [0.4, 0.5) is 16.2 Å². The molecular weight excluding hydrogens is 302 g/mol. The molecule has 0 saturated carbocycles. The molecule has 1 aliphatic heterocycles. The van der Waals surface area contributed by atoms with Crippen LogP contribution in [0.15, 0.2) is 36.7 Å². The van der Waals surface area contributed by atoms with E-state index >= 15 is 0 Å². The molecule has 0 spiro atoms. The first kappa shape index (κ1) is 16.4. The van der Waals surface area contributed by atoms with Gasteiger partial charge in [0.2, 0.25) is 0 Å². The molecule has 0 radical (unpaired) electrons. The monoisotopic (exact) mass is 327 g/mol. The Morgan fingerprint density at radius 1 is 1.29 bits per heavy atom. The van der Waals surface area contributed by atoms with Crippen molar-refractivity contribution in [3.63, 3.8) is 0 Å². The highest BCUT2D eigenvalue weighted by molar-refractivity contribution is 5.88. The fourth-order valence-corrected chi connectivity index (χ4v) is 3.06. The molecule has 2 heterocycles. The molecule has 3 rings (SSSR count). The van der Waals surface area contributed by atoms with Gasteiger partial charge in [-0.15, -0.1) is 0 Å². The lowest BCUT2D eigenvalue weighted by molar-refractivity contribution is 0.220. The molecule has 2 amide bonds. The van der Waals surface area contributed by atoms with Gasteiger partial charge in [-0.2, -0.15) is 5.10 Å². The highest BCUT2D eigenvalue weighted by Gasteiger charge is 2.17. The molecule has 1 fully saturated rings. The van der Waals surface area contributed by atoms with E-state index in [1.807, 2.05) is 26.2 Å². The number of urea groups is 1. The van der Waals surface area contributed by atoms with Crippen LogP contribution in [0.1, 0.15) is 25.3 Å². The number of anilines is 2. The number of nitrogens with zero attached hydrogens (tertiary/aromatic N) is 4. The molecule has 0 aliphatic carbocycles. The van der Waals surface area contributed by atoms with Gasteiger partial charge in [-0.3, -0.25) is 4.68 Å². The van der Waals surface area contributed by atoms with Gasteiger partial charge >= 0.3 is 6.03 Å². The average Bonchev–Trinajstić information content (AvgIpc) is 3.26. The van der Waals surface area contributed by atoms with Crippen LogP contribution in [0.3, 0.4) is 0 Å². The Bertz CT molecular complexity index is 690. The summed E-state index contributed by atoms with van der Waals surface area (Å²) >= 11 is 0. The maximum Gasteiger partial charge on any atom is 0.321 e. The van der Waals surface area contributed by atoms with Gasteiger partial charge in [0.05, 0.1) is 11.9 Å². The molecule has 6 nitrogen and oxygen atoms in total. The van der Waals surface area contributed by atoms with E-state index in [4.69, 9.17) is 0 Å². The maximum atomic E-state index is 12.4. The minimum absolute atomic E-state index is 0.123. The molecule has 0 bridgehead atoms. The number of benzene rings is 1. The van der Waals surface area contributed by atoms with Crippen molar-refractivity contribution < 1.29 is 4.79 Å². The Balaban J connectivity index is 1.65. The highest BCUT2D eigenvalue weighted by atomic mass is 16.2. The van der Waals surface area contributed by atoms with Crippen LogP contribution in [0, 0.1) is 0 Å². The van der Waals surface area contributed by atoms with E-state index in [1.165, 1.54) is 24.1 Å². The van der Waals surface area contributed by atoms with Crippen molar-refractivity contribution in [3.05, 3.63) is 42.2 Å². The second-order valence-corrected chi connectivity index (χ2v) is 6.19. The van der Waals surface area contributed by atoms with E-state index in [9.17, 15) is 4.79 Å². The van der Waals surface area contributed by atoms with E-state index in [2.05, 4.69) is 33.5 Å². The van der Waals surface area contributed by atoms with E-state index < -0.39 is 0 Å². The number of aryl methyl sites for hydroxylation is 1. The first-order chi connectivity index (χ1) is 11.7. The molecule has 1 aromatic carbocycles. The number of amides is 2. The Morgan fingerprint density at radius 3 is 2.75 bits per heavy atom. The normalized spacial score (nSPS) is 14.0. The molecule has 2 aromatic rings. The zero-order valence-corrected chi connectivity index (χ0v) is 14.4. The SMILES string of the molecule is CCn1cc(NC(=O)N(C)Cc2ccccc2N2CCCC2)cn1. The lowest BCUT2D eigenvalue weighted by atomic mass is 10.1. The Labute approximate surface area is 143 Å². The number of hydrogen-bond donors (Lipinski definition) is 1. The summed E-state index contributed by atoms with van der Waals surface area (Å²) in [5.74, 6) is 0. The molecule has 0 unspecified atom stereocenters. The number of carbonyl (C=O) groups excluding carboxylic acids is 1. The van der Waals surface area contributed by atoms with Gasteiger partial charge < -0.3 is 15.1 Å². The van der Waals surface area contributed by atoms with Crippen molar-refractivity contribution >= 4 is 17.4 Å². The minimum Gasteiger partial charge on any atom is -0.371 e. The second-order valence-electron chi connectivity index (χ2n) is 6.19. The lowest BCUT2D eigenvalue weighted by Gasteiger charge is -2.24. The first-order valence-corrected chi connectivity index (χ1v) is 8.55. The standard InChI is InChI=1S/C18H25N5O/c1-3-23-14-16(12-19-23)20-18(24)21(2)13-15-8-4-5-9-17(15)22-10-6-7-11-22/h4-5,8-9,12,14H,3,6-7,10-11,13H2,1-2H3,(H,20,24). The lowest BCUT2D eigenvalue weighted by Crippen LogP contribution is -2.31. The zero-order chi connectivity index (χ0) is 16.9. The Hall–Kier alpha value is -2.50. The minimum atomic E-state index is -0.123. The number of para-hydroxylation sites is 1. The summed E-state index contributed by atoms with van der Waals surface area (Å²) in [6.45, 7) is 5.58. The maximum absolute atomic E-state index is 12.4. The third-order valence-electron chi connectivity index (χ3n) is 4.40. The third-order valence-corrected chi connectivity index (χ3v) is 4.40. The summed E-state index contributed by atoms with van der Waals surface area (Å²) in [5.41, 5.74) is 3.15. The van der Waals surface area contributed by atoms with Crippen LogP contribution in [0.5, 0.6) is 0 Å². The van der Waals surface area contributed by atoms with Crippen LogP contribution in [-0.2, 0) is 13.1 Å². The van der Waals surface area contributed by atoms with Crippen LogP contribution in [0.2, 0.25) is 0 Å². The zero-order valence-electron chi connectivity index (χ0n) is 14.4. The molecule has 128 valence electrons. The van der Waals surface area contributed by atoms with Gasteiger partial charge in [0.15, 0.2) is 0 Å². The number of carbonyl (C=O) groups is 1. The fraction of sp³-hybridized carbons (Fsp3) is 0.444. The third kappa shape index (κ3) is 3.69. The second kappa shape index (κ2) is 7.38. The van der Waals surface area contributed by atoms with Crippen LogP contribution < -0.4 is 10.2 Å². The van der Waals surface area contributed by atoms with E-state index in [-0.39, 0.29) is 6.03 Å². The van der Waals surface area contributed by atoms with Crippen LogP contribution in [-0.4, -0.2) is 40.8 Å². The van der Waals surface area contributed by atoms with Gasteiger partial charge in [0, 0.05) is 45.1 Å². The molecular formula is C18H25N5O. The fourth-order valence-electron chi connectivity index (χ4n) is 3.06. The molecule has 1 saturated heterocycles. The molecule has 1 N–H and O–H groups in total. The van der Waals surface area contributed by atoms with E-state index in [1.54, 1.807) is 15.8 Å². The summed E-state index contributed by atoms with van der Waals surface area (Å²) < 4.78 is 1.79. The van der Waals surface area contributed by atoms with E-state index in [0.717, 1.165) is 25.3 Å². The molecule has 1 aromatic heterocycles. The van der Waals surface area contributed by atoms with Gasteiger partial charge in [0.25, 0.3) is 0 Å². The van der Waals surface area contributed by atoms with Crippen molar-refractivity contribution in [2.24, 2.45) is 0 Å². The number of aromatic nitrogens is 2. The van der Waals surface area contributed by atoms with Gasteiger partial charge in [-0.25, -0.2) is 4.79 Å². The van der Waals surface area contributed by atoms with Gasteiger partial charge in [-0.1, -0.05) is 18.2 Å². The molecule has 6 heteroatoms. The number of hydrogen-bond acceptors (Lipinski definition) is 3. The number of rotatable bonds is 5. The Morgan fingerprint density at radius 2 is 2.04 bits per heavy atom. The van der Waals surface area contributed by atoms with Crippen molar-refractivity contribution in [1.29, 1.82) is 0 Å². The van der Waals surface area contributed by atoms with Crippen LogP contribution in [0.25, 0.3) is 0 Å². The van der Waals surface area contributed by atoms with Crippen molar-refractivity contribution in [1.82, 2.24) is 14.7 Å². The smallest absolute Gasteiger partial charge is 0.321 e. The topological polar surface area (TPSA) is 53.4 Å². The first-order valence-electron chi connectivity index (χ1n) is 8.55. The van der Waals surface area contributed by atoms with Crippen LogP contribution >= 0.6 is 0 Å². The Kier molecular flexibility index (Phi) is 5.03. The molecule has 24 heavy (non-hydrogen) atoms.